The number of carbonyl (C=O) groups excluding carboxylic acids is 1. The molecule has 0 saturated carbocycles. The first-order valence-electron chi connectivity index (χ1n) is 8.27. The lowest BCUT2D eigenvalue weighted by Gasteiger charge is -2.34. The largest absolute Gasteiger partial charge is 0.430 e. The summed E-state index contributed by atoms with van der Waals surface area (Å²) in [5.74, 6) is -2.93. The van der Waals surface area contributed by atoms with Crippen molar-refractivity contribution in [3.05, 3.63) is 71.0 Å². The fourth-order valence-electron chi connectivity index (χ4n) is 3.13. The van der Waals surface area contributed by atoms with E-state index in [4.69, 9.17) is 4.74 Å². The van der Waals surface area contributed by atoms with Gasteiger partial charge in [-0.2, -0.15) is 0 Å². The monoisotopic (exact) mass is 365 g/mol. The Hall–Kier alpha value is -2.54. The summed E-state index contributed by atoms with van der Waals surface area (Å²) in [5, 5.41) is 10.1. The van der Waals surface area contributed by atoms with Gasteiger partial charge in [0.1, 0.15) is 5.82 Å². The molecule has 138 valence electrons. The summed E-state index contributed by atoms with van der Waals surface area (Å²) < 4.78 is 47.2. The van der Waals surface area contributed by atoms with Crippen molar-refractivity contribution in [2.24, 2.45) is 0 Å². The van der Waals surface area contributed by atoms with Crippen LogP contribution < -0.4 is 0 Å². The highest BCUT2D eigenvalue weighted by Crippen LogP contribution is 2.36. The summed E-state index contributed by atoms with van der Waals surface area (Å²) in [6.45, 7) is 0.128. The molecule has 0 aliphatic carbocycles. The summed E-state index contributed by atoms with van der Waals surface area (Å²) in [5.41, 5.74) is -2.18. The molecule has 2 aromatic rings. The van der Waals surface area contributed by atoms with Crippen LogP contribution in [0.25, 0.3) is 0 Å². The van der Waals surface area contributed by atoms with E-state index >= 15 is 0 Å². The van der Waals surface area contributed by atoms with Gasteiger partial charge in [0.15, 0.2) is 17.2 Å². The lowest BCUT2D eigenvalue weighted by molar-refractivity contribution is -0.0218. The predicted octanol–water partition coefficient (Wildman–Crippen LogP) is 3.57. The number of likely N-dealkylation sites (tertiary alicyclic amines) is 1. The van der Waals surface area contributed by atoms with Crippen LogP contribution >= 0.6 is 0 Å². The molecule has 1 heterocycles. The van der Waals surface area contributed by atoms with Crippen LogP contribution in [0.2, 0.25) is 0 Å². The molecule has 4 nitrogen and oxygen atoms in total. The van der Waals surface area contributed by atoms with E-state index in [0.717, 1.165) is 31.0 Å². The van der Waals surface area contributed by atoms with Gasteiger partial charge in [-0.3, -0.25) is 0 Å². The number of aliphatic hydroxyl groups excluding tert-OH is 1. The molecule has 0 spiro atoms. The fraction of sp³-hybridized carbons (Fsp3) is 0.316. The van der Waals surface area contributed by atoms with E-state index in [-0.39, 0.29) is 11.1 Å². The number of hydrogen-bond acceptors (Lipinski definition) is 3. The molecule has 3 rings (SSSR count). The molecule has 0 radical (unpaired) electrons. The third-order valence-electron chi connectivity index (χ3n) is 4.55. The van der Waals surface area contributed by atoms with Crippen LogP contribution in [-0.4, -0.2) is 35.8 Å². The molecule has 1 amide bonds. The number of amides is 1. The summed E-state index contributed by atoms with van der Waals surface area (Å²) in [6, 6.07) is 8.15. The van der Waals surface area contributed by atoms with Gasteiger partial charge in [0.2, 0.25) is 0 Å². The minimum Gasteiger partial charge on any atom is -0.430 e. The van der Waals surface area contributed by atoms with Crippen LogP contribution in [0, 0.1) is 17.5 Å². The van der Waals surface area contributed by atoms with Gasteiger partial charge in [-0.25, -0.2) is 18.0 Å². The van der Waals surface area contributed by atoms with E-state index in [1.165, 1.54) is 29.2 Å². The summed E-state index contributed by atoms with van der Waals surface area (Å²) in [7, 11) is 0. The quantitative estimate of drug-likeness (QED) is 0.901. The number of ether oxygens (including phenoxy) is 1. The summed E-state index contributed by atoms with van der Waals surface area (Å²) >= 11 is 0. The van der Waals surface area contributed by atoms with Crippen molar-refractivity contribution in [3.8, 4) is 0 Å². The smallest absolute Gasteiger partial charge is 0.411 e. The SMILES string of the molecule is O=C(O[C@](CO)(c1ccc(F)cc1)c1cccc(F)c1F)N1CCCC1. The van der Waals surface area contributed by atoms with Gasteiger partial charge < -0.3 is 14.7 Å². The van der Waals surface area contributed by atoms with Crippen LogP contribution in [0.4, 0.5) is 18.0 Å². The summed E-state index contributed by atoms with van der Waals surface area (Å²) in [6.07, 6.45) is 0.877. The zero-order valence-corrected chi connectivity index (χ0v) is 13.9. The molecule has 0 aromatic heterocycles. The molecule has 1 N–H and O–H groups in total. The highest BCUT2D eigenvalue weighted by atomic mass is 19.2. The Labute approximate surface area is 148 Å². The second kappa shape index (κ2) is 7.37. The second-order valence-corrected chi connectivity index (χ2v) is 6.16. The second-order valence-electron chi connectivity index (χ2n) is 6.16. The Morgan fingerprint density at radius 1 is 1.08 bits per heavy atom. The van der Waals surface area contributed by atoms with Gasteiger partial charge in [-0.1, -0.05) is 24.3 Å². The molecule has 26 heavy (non-hydrogen) atoms. The zero-order valence-electron chi connectivity index (χ0n) is 13.9. The average molecular weight is 365 g/mol. The minimum absolute atomic E-state index is 0.137. The normalized spacial score (nSPS) is 16.4. The topological polar surface area (TPSA) is 49.8 Å². The van der Waals surface area contributed by atoms with Crippen molar-refractivity contribution in [2.75, 3.05) is 19.7 Å². The first-order chi connectivity index (χ1) is 12.5. The number of hydrogen-bond donors (Lipinski definition) is 1. The van der Waals surface area contributed by atoms with Crippen LogP contribution in [0.15, 0.2) is 42.5 Å². The van der Waals surface area contributed by atoms with Gasteiger partial charge in [0, 0.05) is 24.2 Å². The molecular weight excluding hydrogens is 347 g/mol. The van der Waals surface area contributed by atoms with E-state index in [1.54, 1.807) is 0 Å². The van der Waals surface area contributed by atoms with Crippen LogP contribution in [0.5, 0.6) is 0 Å². The van der Waals surface area contributed by atoms with E-state index in [9.17, 15) is 23.1 Å². The van der Waals surface area contributed by atoms with Gasteiger partial charge in [-0.15, -0.1) is 0 Å². The van der Waals surface area contributed by atoms with E-state index < -0.39 is 35.8 Å². The minimum atomic E-state index is -1.99. The molecule has 1 atom stereocenters. The average Bonchev–Trinajstić information content (AvgIpc) is 3.18. The molecule has 1 aliphatic rings. The molecule has 1 saturated heterocycles. The predicted molar refractivity (Wildman–Crippen MR) is 87.9 cm³/mol. The Morgan fingerprint density at radius 3 is 2.35 bits per heavy atom. The van der Waals surface area contributed by atoms with Gasteiger partial charge in [-0.05, 0) is 31.0 Å². The Morgan fingerprint density at radius 2 is 1.73 bits per heavy atom. The van der Waals surface area contributed by atoms with Crippen molar-refractivity contribution >= 4 is 6.09 Å². The number of nitrogens with zero attached hydrogens (tertiary/aromatic N) is 1. The number of aliphatic hydroxyl groups is 1. The Bertz CT molecular complexity index is 791. The molecule has 1 aliphatic heterocycles. The molecule has 2 aromatic carbocycles. The number of benzene rings is 2. The third kappa shape index (κ3) is 3.26. The van der Waals surface area contributed by atoms with Crippen LogP contribution in [0.1, 0.15) is 24.0 Å². The van der Waals surface area contributed by atoms with Gasteiger partial charge in [0.25, 0.3) is 0 Å². The molecule has 1 fully saturated rings. The third-order valence-corrected chi connectivity index (χ3v) is 4.55. The van der Waals surface area contributed by atoms with Crippen LogP contribution in [0.3, 0.4) is 0 Å². The maximum absolute atomic E-state index is 14.5. The molecular formula is C19H18F3NO3. The van der Waals surface area contributed by atoms with Crippen LogP contribution in [-0.2, 0) is 10.3 Å². The maximum Gasteiger partial charge on any atom is 0.411 e. The molecule has 0 unspecified atom stereocenters. The highest BCUT2D eigenvalue weighted by molar-refractivity contribution is 5.69. The first kappa shape index (κ1) is 18.3. The lowest BCUT2D eigenvalue weighted by atomic mass is 9.86. The summed E-state index contributed by atoms with van der Waals surface area (Å²) in [4.78, 5) is 14.0. The lowest BCUT2D eigenvalue weighted by Crippen LogP contribution is -2.42. The Kier molecular flexibility index (Phi) is 5.18. The maximum atomic E-state index is 14.5. The van der Waals surface area contributed by atoms with Crippen molar-refractivity contribution in [1.82, 2.24) is 4.90 Å². The van der Waals surface area contributed by atoms with E-state index in [2.05, 4.69) is 0 Å². The van der Waals surface area contributed by atoms with Crippen molar-refractivity contribution in [1.29, 1.82) is 0 Å². The van der Waals surface area contributed by atoms with E-state index in [0.29, 0.717) is 13.1 Å². The fourth-order valence-corrected chi connectivity index (χ4v) is 3.13. The molecule has 7 heteroatoms. The van der Waals surface area contributed by atoms with Crippen molar-refractivity contribution in [3.63, 3.8) is 0 Å². The molecule has 0 bridgehead atoms. The first-order valence-corrected chi connectivity index (χ1v) is 8.27. The number of carbonyl (C=O) groups is 1. The standard InChI is InChI=1S/C19H18F3NO3/c20-14-8-6-13(7-9-14)19(12-24,15-4-3-5-16(21)17(15)22)26-18(25)23-10-1-2-11-23/h3-9,24H,1-2,10-12H2/t19-/m1/s1. The van der Waals surface area contributed by atoms with Crippen molar-refractivity contribution in [2.45, 2.75) is 18.4 Å². The van der Waals surface area contributed by atoms with E-state index in [1.807, 2.05) is 0 Å². The van der Waals surface area contributed by atoms with Gasteiger partial charge in [0.05, 0.1) is 6.61 Å². The Balaban J connectivity index is 2.11. The van der Waals surface area contributed by atoms with Crippen molar-refractivity contribution < 1.29 is 27.8 Å². The highest BCUT2D eigenvalue weighted by Gasteiger charge is 2.42. The number of halogens is 3. The van der Waals surface area contributed by atoms with Gasteiger partial charge >= 0.3 is 6.09 Å². The number of rotatable bonds is 4. The zero-order chi connectivity index (χ0) is 18.7.